The van der Waals surface area contributed by atoms with Crippen molar-refractivity contribution in [2.75, 3.05) is 10.6 Å². The van der Waals surface area contributed by atoms with Crippen LogP contribution in [0.25, 0.3) is 0 Å². The number of nitrogens with one attached hydrogen (secondary N) is 2. The van der Waals surface area contributed by atoms with E-state index in [1.165, 1.54) is 17.8 Å². The Morgan fingerprint density at radius 3 is 2.44 bits per heavy atom. The molecule has 1 saturated carbocycles. The zero-order valence-corrected chi connectivity index (χ0v) is 19.9. The standard InChI is InChI=1S/C22H22BrF3N6O2/c1-3-31-11-15(17(29-31)21(34)27-14-7-5-4-6-8-14)28-20(33)12(2)32-18(13-9-10-13)16(23)19(30-32)22(24,25)26/h4-8,11-13H,3,9-10H2,1-2H3,(H,27,34)(H,28,33). The molecule has 4 rings (SSSR count). The highest BCUT2D eigenvalue weighted by atomic mass is 79.9. The van der Waals surface area contributed by atoms with Crippen molar-refractivity contribution in [2.24, 2.45) is 0 Å². The molecule has 1 unspecified atom stereocenters. The molecule has 1 atom stereocenters. The van der Waals surface area contributed by atoms with Crippen molar-refractivity contribution in [3.8, 4) is 0 Å². The van der Waals surface area contributed by atoms with Gasteiger partial charge in [0.1, 0.15) is 6.04 Å². The van der Waals surface area contributed by atoms with Crippen molar-refractivity contribution in [2.45, 2.75) is 51.4 Å². The highest BCUT2D eigenvalue weighted by molar-refractivity contribution is 9.10. The minimum absolute atomic E-state index is 0.00806. The van der Waals surface area contributed by atoms with Gasteiger partial charge in [-0.25, -0.2) is 0 Å². The molecule has 180 valence electrons. The number of hydrogen-bond acceptors (Lipinski definition) is 4. The Kier molecular flexibility index (Phi) is 6.52. The van der Waals surface area contributed by atoms with Gasteiger partial charge in [0.25, 0.3) is 5.91 Å². The van der Waals surface area contributed by atoms with Crippen LogP contribution in [0.15, 0.2) is 41.0 Å². The summed E-state index contributed by atoms with van der Waals surface area (Å²) in [4.78, 5) is 25.9. The van der Waals surface area contributed by atoms with E-state index in [-0.39, 0.29) is 21.8 Å². The first-order valence-electron chi connectivity index (χ1n) is 10.7. The smallest absolute Gasteiger partial charge is 0.321 e. The average molecular weight is 539 g/mol. The van der Waals surface area contributed by atoms with Crippen molar-refractivity contribution >= 4 is 39.1 Å². The Morgan fingerprint density at radius 2 is 1.85 bits per heavy atom. The normalized spacial score (nSPS) is 14.6. The van der Waals surface area contributed by atoms with Crippen molar-refractivity contribution in [3.05, 3.63) is 58.1 Å². The molecule has 3 aromatic rings. The summed E-state index contributed by atoms with van der Waals surface area (Å²) in [5.74, 6) is -1.24. The molecule has 0 aliphatic heterocycles. The Bertz CT molecular complexity index is 1220. The lowest BCUT2D eigenvalue weighted by Crippen LogP contribution is -2.27. The number of alkyl halides is 3. The minimum Gasteiger partial charge on any atom is -0.321 e. The Labute approximate surface area is 201 Å². The van der Waals surface area contributed by atoms with Crippen LogP contribution in [0.2, 0.25) is 0 Å². The largest absolute Gasteiger partial charge is 0.436 e. The van der Waals surface area contributed by atoms with Crippen LogP contribution in [-0.2, 0) is 17.5 Å². The monoisotopic (exact) mass is 538 g/mol. The average Bonchev–Trinajstić information content (AvgIpc) is 3.44. The lowest BCUT2D eigenvalue weighted by Gasteiger charge is -2.16. The van der Waals surface area contributed by atoms with E-state index in [1.807, 2.05) is 13.0 Å². The van der Waals surface area contributed by atoms with Gasteiger partial charge in [0, 0.05) is 24.3 Å². The molecular formula is C22H22BrF3N6O2. The van der Waals surface area contributed by atoms with E-state index < -0.39 is 29.7 Å². The summed E-state index contributed by atoms with van der Waals surface area (Å²) in [6.07, 6.45) is -1.70. The first-order valence-corrected chi connectivity index (χ1v) is 11.5. The second-order valence-corrected chi connectivity index (χ2v) is 8.79. The van der Waals surface area contributed by atoms with Crippen LogP contribution in [0.4, 0.5) is 24.5 Å². The maximum Gasteiger partial charge on any atom is 0.436 e. The number of nitrogens with zero attached hydrogens (tertiary/aromatic N) is 4. The summed E-state index contributed by atoms with van der Waals surface area (Å²) in [5.41, 5.74) is -0.00921. The Balaban J connectivity index is 1.60. The maximum atomic E-state index is 13.4. The van der Waals surface area contributed by atoms with E-state index in [1.54, 1.807) is 24.3 Å². The molecule has 0 radical (unpaired) electrons. The molecular weight excluding hydrogens is 517 g/mol. The third-order valence-electron chi connectivity index (χ3n) is 5.46. The van der Waals surface area contributed by atoms with Gasteiger partial charge in [0.2, 0.25) is 5.91 Å². The topological polar surface area (TPSA) is 93.8 Å². The molecule has 1 aliphatic carbocycles. The highest BCUT2D eigenvalue weighted by Crippen LogP contribution is 2.47. The number of para-hydroxylation sites is 1. The summed E-state index contributed by atoms with van der Waals surface area (Å²) in [6.45, 7) is 3.74. The zero-order chi connectivity index (χ0) is 24.6. The lowest BCUT2D eigenvalue weighted by molar-refractivity contribution is -0.142. The second-order valence-electron chi connectivity index (χ2n) is 8.00. The quantitative estimate of drug-likeness (QED) is 0.431. The van der Waals surface area contributed by atoms with Crippen LogP contribution in [0.5, 0.6) is 0 Å². The summed E-state index contributed by atoms with van der Waals surface area (Å²) >= 11 is 3.04. The van der Waals surface area contributed by atoms with Crippen LogP contribution in [0.3, 0.4) is 0 Å². The number of amides is 2. The third-order valence-corrected chi connectivity index (χ3v) is 6.24. The van der Waals surface area contributed by atoms with Crippen molar-refractivity contribution in [3.63, 3.8) is 0 Å². The van der Waals surface area contributed by atoms with Gasteiger partial charge in [-0.15, -0.1) is 0 Å². The molecule has 8 nitrogen and oxygen atoms in total. The van der Waals surface area contributed by atoms with Crippen LogP contribution >= 0.6 is 15.9 Å². The fraction of sp³-hybridized carbons (Fsp3) is 0.364. The van der Waals surface area contributed by atoms with Crippen molar-refractivity contribution in [1.29, 1.82) is 0 Å². The first kappa shape index (κ1) is 24.0. The minimum atomic E-state index is -4.66. The summed E-state index contributed by atoms with van der Waals surface area (Å²) in [5, 5.41) is 13.3. The van der Waals surface area contributed by atoms with Gasteiger partial charge in [0.05, 0.1) is 15.9 Å². The Morgan fingerprint density at radius 1 is 1.18 bits per heavy atom. The lowest BCUT2D eigenvalue weighted by atomic mass is 10.2. The fourth-order valence-corrected chi connectivity index (χ4v) is 4.34. The molecule has 1 aromatic carbocycles. The van der Waals surface area contributed by atoms with E-state index in [0.29, 0.717) is 17.9 Å². The molecule has 0 spiro atoms. The molecule has 0 saturated heterocycles. The number of anilines is 2. The van der Waals surface area contributed by atoms with Crippen molar-refractivity contribution < 1.29 is 22.8 Å². The zero-order valence-electron chi connectivity index (χ0n) is 18.4. The number of hydrogen-bond donors (Lipinski definition) is 2. The van der Waals surface area contributed by atoms with Crippen LogP contribution < -0.4 is 10.6 Å². The highest BCUT2D eigenvalue weighted by Gasteiger charge is 2.43. The van der Waals surface area contributed by atoms with Gasteiger partial charge >= 0.3 is 6.18 Å². The number of carbonyl (C=O) groups is 2. The molecule has 12 heteroatoms. The number of rotatable bonds is 7. The molecule has 2 heterocycles. The van der Waals surface area contributed by atoms with E-state index in [4.69, 9.17) is 0 Å². The van der Waals surface area contributed by atoms with Crippen LogP contribution in [-0.4, -0.2) is 31.4 Å². The van der Waals surface area contributed by atoms with E-state index in [9.17, 15) is 22.8 Å². The fourth-order valence-electron chi connectivity index (χ4n) is 3.53. The van der Waals surface area contributed by atoms with Gasteiger partial charge in [-0.3, -0.25) is 19.0 Å². The van der Waals surface area contributed by atoms with Crippen LogP contribution in [0.1, 0.15) is 60.5 Å². The predicted molar refractivity (Wildman–Crippen MR) is 123 cm³/mol. The molecule has 1 fully saturated rings. The van der Waals surface area contributed by atoms with Gasteiger partial charge in [-0.05, 0) is 54.8 Å². The Hall–Kier alpha value is -3.15. The van der Waals surface area contributed by atoms with Gasteiger partial charge in [-0.1, -0.05) is 18.2 Å². The summed E-state index contributed by atoms with van der Waals surface area (Å²) in [6, 6.07) is 7.70. The number of halogens is 4. The van der Waals surface area contributed by atoms with Gasteiger partial charge in [-0.2, -0.15) is 23.4 Å². The van der Waals surface area contributed by atoms with E-state index in [2.05, 4.69) is 36.8 Å². The van der Waals surface area contributed by atoms with E-state index in [0.717, 1.165) is 17.5 Å². The van der Waals surface area contributed by atoms with Crippen molar-refractivity contribution in [1.82, 2.24) is 19.6 Å². The van der Waals surface area contributed by atoms with Crippen LogP contribution in [0, 0.1) is 0 Å². The first-order chi connectivity index (χ1) is 16.1. The number of benzene rings is 1. The molecule has 2 N–H and O–H groups in total. The second kappa shape index (κ2) is 9.24. The summed E-state index contributed by atoms with van der Waals surface area (Å²) in [7, 11) is 0. The molecule has 2 amide bonds. The SMILES string of the molecule is CCn1cc(NC(=O)C(C)n2nc(C(F)(F)F)c(Br)c2C2CC2)c(C(=O)Nc2ccccc2)n1. The van der Waals surface area contributed by atoms with Gasteiger partial charge in [0.15, 0.2) is 11.4 Å². The van der Waals surface area contributed by atoms with Gasteiger partial charge < -0.3 is 10.6 Å². The molecule has 34 heavy (non-hydrogen) atoms. The molecule has 2 aromatic heterocycles. The number of carbonyl (C=O) groups excluding carboxylic acids is 2. The number of aromatic nitrogens is 4. The summed E-state index contributed by atoms with van der Waals surface area (Å²) < 4.78 is 42.8. The predicted octanol–water partition coefficient (Wildman–Crippen LogP) is 5.21. The third kappa shape index (κ3) is 4.86. The molecule has 0 bridgehead atoms. The number of aryl methyl sites for hydroxylation is 1. The molecule has 1 aliphatic rings. The van der Waals surface area contributed by atoms with E-state index >= 15 is 0 Å². The maximum absolute atomic E-state index is 13.4.